The van der Waals surface area contributed by atoms with Crippen LogP contribution in [0.3, 0.4) is 0 Å². The van der Waals surface area contributed by atoms with Crippen molar-refractivity contribution in [2.24, 2.45) is 0 Å². The zero-order valence-electron chi connectivity index (χ0n) is 21.6. The Hall–Kier alpha value is -1.88. The maximum Gasteiger partial charge on any atom is 0.253 e. The number of fused-ring (bicyclic) bond motifs is 1. The molecule has 1 aromatic carbocycles. The van der Waals surface area contributed by atoms with Crippen LogP contribution in [0.2, 0.25) is 0 Å². The summed E-state index contributed by atoms with van der Waals surface area (Å²) >= 11 is 0. The molecular formula is C28H46N4O. The van der Waals surface area contributed by atoms with E-state index in [4.69, 9.17) is 4.98 Å². The molecule has 0 saturated carbocycles. The van der Waals surface area contributed by atoms with E-state index >= 15 is 0 Å². The second kappa shape index (κ2) is 13.1. The predicted octanol–water partition coefficient (Wildman–Crippen LogP) is 6.47. The highest BCUT2D eigenvalue weighted by Crippen LogP contribution is 2.24. The Morgan fingerprint density at radius 1 is 0.970 bits per heavy atom. The number of piperidine rings is 1. The Morgan fingerprint density at radius 2 is 1.64 bits per heavy atom. The Kier molecular flexibility index (Phi) is 10.2. The Morgan fingerprint density at radius 3 is 2.27 bits per heavy atom. The third kappa shape index (κ3) is 7.05. The maximum atomic E-state index is 13.4. The van der Waals surface area contributed by atoms with Crippen LogP contribution in [0.15, 0.2) is 18.2 Å². The zero-order valence-corrected chi connectivity index (χ0v) is 21.6. The molecule has 184 valence electrons. The first-order valence-electron chi connectivity index (χ1n) is 13.6. The number of carbonyl (C=O) groups excluding carboxylic acids is 1. The molecule has 1 aromatic heterocycles. The van der Waals surface area contributed by atoms with Gasteiger partial charge in [0.2, 0.25) is 0 Å². The molecule has 0 radical (unpaired) electrons. The predicted molar refractivity (Wildman–Crippen MR) is 139 cm³/mol. The Balaban J connectivity index is 1.76. The van der Waals surface area contributed by atoms with Gasteiger partial charge in [-0.25, -0.2) is 4.98 Å². The highest BCUT2D eigenvalue weighted by molar-refractivity contribution is 5.97. The second-order valence-corrected chi connectivity index (χ2v) is 10.1. The molecule has 1 amide bonds. The van der Waals surface area contributed by atoms with Crippen LogP contribution in [0.25, 0.3) is 11.0 Å². The fourth-order valence-corrected chi connectivity index (χ4v) is 4.93. The highest BCUT2D eigenvalue weighted by atomic mass is 16.2. The molecule has 5 heteroatoms. The summed E-state index contributed by atoms with van der Waals surface area (Å²) in [5.74, 6) is 1.67. The summed E-state index contributed by atoms with van der Waals surface area (Å²) in [5, 5.41) is 0. The first-order chi connectivity index (χ1) is 16.0. The average Bonchev–Trinajstić information content (AvgIpc) is 3.20. The lowest BCUT2D eigenvalue weighted by atomic mass is 10.1. The molecule has 0 bridgehead atoms. The van der Waals surface area contributed by atoms with Crippen LogP contribution in [0.4, 0.5) is 0 Å². The molecule has 1 fully saturated rings. The van der Waals surface area contributed by atoms with Gasteiger partial charge in [-0.05, 0) is 76.4 Å². The quantitative estimate of drug-likeness (QED) is 0.326. The lowest BCUT2D eigenvalue weighted by Crippen LogP contribution is -2.33. The number of nitrogens with zero attached hydrogens (tertiary/aromatic N) is 4. The number of aryl methyl sites for hydroxylation is 1. The van der Waals surface area contributed by atoms with Crippen molar-refractivity contribution >= 4 is 16.9 Å². The minimum absolute atomic E-state index is 0.169. The van der Waals surface area contributed by atoms with Gasteiger partial charge >= 0.3 is 0 Å². The number of unbranched alkanes of at least 4 members (excludes halogenated alkanes) is 3. The lowest BCUT2D eigenvalue weighted by Gasteiger charge is -2.26. The molecule has 1 aliphatic heterocycles. The second-order valence-electron chi connectivity index (χ2n) is 10.1. The summed E-state index contributed by atoms with van der Waals surface area (Å²) in [6.07, 6.45) is 10.8. The number of rotatable bonds is 13. The van der Waals surface area contributed by atoms with Crippen molar-refractivity contribution in [1.82, 2.24) is 19.4 Å². The van der Waals surface area contributed by atoms with Gasteiger partial charge in [0.25, 0.3) is 5.91 Å². The first kappa shape index (κ1) is 25.7. The largest absolute Gasteiger partial charge is 0.339 e. The molecular weight excluding hydrogens is 408 g/mol. The van der Waals surface area contributed by atoms with E-state index in [9.17, 15) is 4.79 Å². The summed E-state index contributed by atoms with van der Waals surface area (Å²) < 4.78 is 2.38. The fraction of sp³-hybridized carbons (Fsp3) is 0.714. The highest BCUT2D eigenvalue weighted by Gasteiger charge is 2.19. The van der Waals surface area contributed by atoms with E-state index in [2.05, 4.69) is 54.2 Å². The van der Waals surface area contributed by atoms with Crippen molar-refractivity contribution < 1.29 is 4.79 Å². The van der Waals surface area contributed by atoms with E-state index in [1.807, 2.05) is 6.07 Å². The molecule has 1 saturated heterocycles. The van der Waals surface area contributed by atoms with Gasteiger partial charge in [0.15, 0.2) is 0 Å². The van der Waals surface area contributed by atoms with Crippen LogP contribution < -0.4 is 0 Å². The van der Waals surface area contributed by atoms with E-state index in [-0.39, 0.29) is 5.91 Å². The van der Waals surface area contributed by atoms with Crippen LogP contribution >= 0.6 is 0 Å². The smallest absolute Gasteiger partial charge is 0.253 e. The van der Waals surface area contributed by atoms with Gasteiger partial charge < -0.3 is 14.4 Å². The normalized spacial score (nSPS) is 14.9. The van der Waals surface area contributed by atoms with Crippen molar-refractivity contribution in [1.29, 1.82) is 0 Å². The van der Waals surface area contributed by atoms with Crippen molar-refractivity contribution in [2.45, 2.75) is 97.9 Å². The van der Waals surface area contributed by atoms with Gasteiger partial charge in [-0.3, -0.25) is 4.79 Å². The van der Waals surface area contributed by atoms with Crippen LogP contribution in [0.1, 0.15) is 108 Å². The van der Waals surface area contributed by atoms with E-state index in [1.165, 1.54) is 45.3 Å². The average molecular weight is 455 g/mol. The monoisotopic (exact) mass is 454 g/mol. The maximum absolute atomic E-state index is 13.4. The number of aromatic nitrogens is 2. The molecule has 0 unspecified atom stereocenters. The summed E-state index contributed by atoms with van der Waals surface area (Å²) in [7, 11) is 0. The molecule has 2 aromatic rings. The molecule has 0 N–H and O–H groups in total. The van der Waals surface area contributed by atoms with Gasteiger partial charge in [0, 0.05) is 31.1 Å². The van der Waals surface area contributed by atoms with Crippen molar-refractivity contribution in [3.8, 4) is 0 Å². The molecule has 33 heavy (non-hydrogen) atoms. The number of hydrogen-bond donors (Lipinski definition) is 0. The molecule has 0 atom stereocenters. The fourth-order valence-electron chi connectivity index (χ4n) is 4.93. The topological polar surface area (TPSA) is 41.4 Å². The summed E-state index contributed by atoms with van der Waals surface area (Å²) in [4.78, 5) is 23.0. The van der Waals surface area contributed by atoms with E-state index in [0.717, 1.165) is 74.2 Å². The van der Waals surface area contributed by atoms with Crippen molar-refractivity contribution in [3.05, 3.63) is 29.6 Å². The molecule has 0 aliphatic carbocycles. The Labute approximate surface area is 201 Å². The minimum atomic E-state index is 0.169. The van der Waals surface area contributed by atoms with Gasteiger partial charge in [0.1, 0.15) is 5.82 Å². The van der Waals surface area contributed by atoms with Crippen LogP contribution in [-0.4, -0.2) is 58.0 Å². The third-order valence-corrected chi connectivity index (χ3v) is 6.95. The molecule has 0 spiro atoms. The molecule has 5 nitrogen and oxygen atoms in total. The van der Waals surface area contributed by atoms with Crippen molar-refractivity contribution in [2.75, 3.05) is 32.7 Å². The molecule has 2 heterocycles. The number of likely N-dealkylation sites (tertiary alicyclic amines) is 1. The van der Waals surface area contributed by atoms with Gasteiger partial charge in [-0.1, -0.05) is 47.0 Å². The number of carbonyl (C=O) groups is 1. The SMILES string of the molecule is CCCCN(CCCC)C(=O)c1ccc2nc(C(C)C)n(CCCCN3CCCCC3)c2c1. The standard InChI is InChI=1S/C28H46N4O/c1-5-7-19-31(20-8-6-2)28(33)24-14-15-25-26(22-24)32(27(29-25)23(3)4)21-13-12-18-30-16-10-9-11-17-30/h14-15,22-23H,5-13,16-21H2,1-4H3. The van der Waals surface area contributed by atoms with Crippen LogP contribution in [0, 0.1) is 0 Å². The first-order valence-corrected chi connectivity index (χ1v) is 13.6. The van der Waals surface area contributed by atoms with Crippen LogP contribution in [-0.2, 0) is 6.54 Å². The summed E-state index contributed by atoms with van der Waals surface area (Å²) in [5.41, 5.74) is 2.94. The number of imidazole rings is 1. The van der Waals surface area contributed by atoms with Gasteiger partial charge in [0.05, 0.1) is 11.0 Å². The number of hydrogen-bond acceptors (Lipinski definition) is 3. The summed E-state index contributed by atoms with van der Waals surface area (Å²) in [6.45, 7) is 15.2. The van der Waals surface area contributed by atoms with Crippen LogP contribution in [0.5, 0.6) is 0 Å². The van der Waals surface area contributed by atoms with E-state index in [0.29, 0.717) is 5.92 Å². The van der Waals surface area contributed by atoms with E-state index < -0.39 is 0 Å². The number of amides is 1. The third-order valence-electron chi connectivity index (χ3n) is 6.95. The number of benzene rings is 1. The zero-order chi connectivity index (χ0) is 23.6. The Bertz CT molecular complexity index is 858. The summed E-state index contributed by atoms with van der Waals surface area (Å²) in [6, 6.07) is 6.13. The van der Waals surface area contributed by atoms with Gasteiger partial charge in [-0.15, -0.1) is 0 Å². The van der Waals surface area contributed by atoms with Gasteiger partial charge in [-0.2, -0.15) is 0 Å². The lowest BCUT2D eigenvalue weighted by molar-refractivity contribution is 0.0751. The van der Waals surface area contributed by atoms with Crippen molar-refractivity contribution in [3.63, 3.8) is 0 Å². The molecule has 3 rings (SSSR count). The van der Waals surface area contributed by atoms with E-state index in [1.54, 1.807) is 0 Å². The minimum Gasteiger partial charge on any atom is -0.339 e. The molecule has 1 aliphatic rings.